The summed E-state index contributed by atoms with van der Waals surface area (Å²) < 4.78 is 40.9. The van der Waals surface area contributed by atoms with Crippen LogP contribution in [0.3, 0.4) is 0 Å². The smallest absolute Gasteiger partial charge is 0.256 e. The molecule has 1 unspecified atom stereocenters. The molecule has 0 radical (unpaired) electrons. The van der Waals surface area contributed by atoms with Gasteiger partial charge in [0.1, 0.15) is 5.82 Å². The molecule has 3 aromatic rings. The summed E-state index contributed by atoms with van der Waals surface area (Å²) in [6.45, 7) is 5.05. The van der Waals surface area contributed by atoms with Crippen molar-refractivity contribution in [2.75, 3.05) is 18.4 Å². The van der Waals surface area contributed by atoms with E-state index in [0.717, 1.165) is 40.9 Å². The van der Waals surface area contributed by atoms with E-state index in [4.69, 9.17) is 0 Å². The second kappa shape index (κ2) is 8.75. The molecule has 1 N–H and O–H groups in total. The van der Waals surface area contributed by atoms with Crippen LogP contribution in [0.15, 0.2) is 47.4 Å². The van der Waals surface area contributed by atoms with Gasteiger partial charge in [-0.05, 0) is 62.6 Å². The number of benzene rings is 2. The fourth-order valence-corrected chi connectivity index (χ4v) is 7.29. The van der Waals surface area contributed by atoms with Crippen molar-refractivity contribution < 1.29 is 17.4 Å². The second-order valence-electron chi connectivity index (χ2n) is 8.79. The van der Waals surface area contributed by atoms with Gasteiger partial charge in [0.25, 0.3) is 5.91 Å². The van der Waals surface area contributed by atoms with Gasteiger partial charge in [-0.1, -0.05) is 17.7 Å². The molecule has 1 aromatic heterocycles. The van der Waals surface area contributed by atoms with Crippen molar-refractivity contribution in [1.82, 2.24) is 14.1 Å². The van der Waals surface area contributed by atoms with E-state index in [1.54, 1.807) is 4.68 Å². The SMILES string of the molecule is Cc1ccc(-n2nc3c(c2NC(=O)c2ccc(S(=O)(=O)N4CCCC4)cc2)CS(=O)C3)c(C)c1. The first kappa shape index (κ1) is 22.9. The Morgan fingerprint density at radius 2 is 1.74 bits per heavy atom. The zero-order valence-corrected chi connectivity index (χ0v) is 20.7. The lowest BCUT2D eigenvalue weighted by molar-refractivity contribution is 0.102. The Labute approximate surface area is 201 Å². The molecule has 8 nitrogen and oxygen atoms in total. The third kappa shape index (κ3) is 4.10. The first-order valence-corrected chi connectivity index (χ1v) is 14.1. The number of hydrogen-bond donors (Lipinski definition) is 1. The van der Waals surface area contributed by atoms with Gasteiger partial charge in [0.15, 0.2) is 0 Å². The quantitative estimate of drug-likeness (QED) is 0.582. The van der Waals surface area contributed by atoms with Crippen molar-refractivity contribution >= 4 is 32.5 Å². The fourth-order valence-electron chi connectivity index (χ4n) is 4.51. The molecular weight excluding hydrogens is 472 g/mol. The summed E-state index contributed by atoms with van der Waals surface area (Å²) in [5.41, 5.74) is 4.81. The van der Waals surface area contributed by atoms with Crippen LogP contribution in [0.25, 0.3) is 5.69 Å². The summed E-state index contributed by atoms with van der Waals surface area (Å²) in [6, 6.07) is 12.0. The van der Waals surface area contributed by atoms with Crippen LogP contribution in [0.1, 0.15) is 45.6 Å². The molecule has 1 atom stereocenters. The van der Waals surface area contributed by atoms with Crippen molar-refractivity contribution in [1.29, 1.82) is 0 Å². The first-order valence-electron chi connectivity index (χ1n) is 11.2. The molecule has 2 aliphatic rings. The fraction of sp³-hybridized carbons (Fsp3) is 0.333. The number of aromatic nitrogens is 2. The van der Waals surface area contributed by atoms with E-state index in [1.807, 2.05) is 32.0 Å². The van der Waals surface area contributed by atoms with Crippen LogP contribution in [-0.4, -0.2) is 45.7 Å². The number of carbonyl (C=O) groups excluding carboxylic acids is 1. The van der Waals surface area contributed by atoms with Crippen molar-refractivity contribution in [3.05, 3.63) is 70.4 Å². The molecule has 10 heteroatoms. The van der Waals surface area contributed by atoms with E-state index in [9.17, 15) is 17.4 Å². The number of rotatable bonds is 5. The van der Waals surface area contributed by atoms with Crippen molar-refractivity contribution in [3.63, 3.8) is 0 Å². The van der Waals surface area contributed by atoms with Crippen molar-refractivity contribution in [2.45, 2.75) is 43.1 Å². The minimum atomic E-state index is -3.54. The van der Waals surface area contributed by atoms with Gasteiger partial charge >= 0.3 is 0 Å². The molecule has 1 saturated heterocycles. The second-order valence-corrected chi connectivity index (χ2v) is 12.2. The number of nitrogens with one attached hydrogen (secondary N) is 1. The Bertz CT molecular complexity index is 1410. The minimum absolute atomic E-state index is 0.183. The van der Waals surface area contributed by atoms with Crippen LogP contribution in [0.4, 0.5) is 5.82 Å². The van der Waals surface area contributed by atoms with Crippen LogP contribution >= 0.6 is 0 Å². The molecule has 0 bridgehead atoms. The van der Waals surface area contributed by atoms with Gasteiger partial charge in [0, 0.05) is 35.0 Å². The van der Waals surface area contributed by atoms with Crippen LogP contribution in [0.5, 0.6) is 0 Å². The lowest BCUT2D eigenvalue weighted by atomic mass is 10.1. The Morgan fingerprint density at radius 1 is 1.03 bits per heavy atom. The molecule has 0 spiro atoms. The highest BCUT2D eigenvalue weighted by molar-refractivity contribution is 7.89. The Balaban J connectivity index is 1.45. The molecule has 1 fully saturated rings. The van der Waals surface area contributed by atoms with E-state index in [-0.39, 0.29) is 10.8 Å². The van der Waals surface area contributed by atoms with Crippen molar-refractivity contribution in [3.8, 4) is 5.69 Å². The highest BCUT2D eigenvalue weighted by atomic mass is 32.2. The molecule has 0 saturated carbocycles. The third-order valence-corrected chi connectivity index (χ3v) is 9.42. The van der Waals surface area contributed by atoms with E-state index in [2.05, 4.69) is 10.4 Å². The van der Waals surface area contributed by atoms with Gasteiger partial charge < -0.3 is 5.32 Å². The van der Waals surface area contributed by atoms with Gasteiger partial charge in [-0.3, -0.25) is 9.00 Å². The molecule has 178 valence electrons. The summed E-state index contributed by atoms with van der Waals surface area (Å²) >= 11 is 0. The number of hydrogen-bond acceptors (Lipinski definition) is 5. The number of amides is 1. The Kier molecular flexibility index (Phi) is 5.91. The van der Waals surface area contributed by atoms with E-state index in [1.165, 1.54) is 28.6 Å². The molecule has 1 amide bonds. The van der Waals surface area contributed by atoms with E-state index in [0.29, 0.717) is 36.0 Å². The Morgan fingerprint density at radius 3 is 2.41 bits per heavy atom. The molecule has 3 heterocycles. The predicted octanol–water partition coefficient (Wildman–Crippen LogP) is 3.29. The summed E-state index contributed by atoms with van der Waals surface area (Å²) in [4.78, 5) is 13.3. The number of fused-ring (bicyclic) bond motifs is 1. The number of aryl methyl sites for hydroxylation is 2. The van der Waals surface area contributed by atoms with Gasteiger partial charge in [-0.15, -0.1) is 0 Å². The maximum absolute atomic E-state index is 13.1. The summed E-state index contributed by atoms with van der Waals surface area (Å²) in [5.74, 6) is 0.824. The maximum atomic E-state index is 13.1. The first-order chi connectivity index (χ1) is 16.2. The van der Waals surface area contributed by atoms with Gasteiger partial charge in [-0.25, -0.2) is 13.1 Å². The third-order valence-electron chi connectivity index (χ3n) is 6.30. The average Bonchev–Trinajstić information content (AvgIpc) is 3.52. The molecule has 34 heavy (non-hydrogen) atoms. The number of carbonyl (C=O) groups is 1. The Hall–Kier alpha value is -2.82. The summed E-state index contributed by atoms with van der Waals surface area (Å²) in [7, 11) is -4.59. The minimum Gasteiger partial charge on any atom is -0.306 e. The summed E-state index contributed by atoms with van der Waals surface area (Å²) in [5, 5.41) is 7.61. The zero-order valence-electron chi connectivity index (χ0n) is 19.1. The van der Waals surface area contributed by atoms with Crippen LogP contribution in [0.2, 0.25) is 0 Å². The average molecular weight is 499 g/mol. The molecule has 5 rings (SSSR count). The maximum Gasteiger partial charge on any atom is 0.256 e. The number of nitrogens with zero attached hydrogens (tertiary/aromatic N) is 3. The van der Waals surface area contributed by atoms with Gasteiger partial charge in [0.05, 0.1) is 27.8 Å². The molecule has 0 aliphatic carbocycles. The number of anilines is 1. The predicted molar refractivity (Wildman–Crippen MR) is 131 cm³/mol. The lowest BCUT2D eigenvalue weighted by Crippen LogP contribution is -2.27. The lowest BCUT2D eigenvalue weighted by Gasteiger charge is -2.16. The molecular formula is C24H26N4O4S2. The van der Waals surface area contributed by atoms with E-state index < -0.39 is 20.8 Å². The van der Waals surface area contributed by atoms with Crippen molar-refractivity contribution in [2.24, 2.45) is 0 Å². The van der Waals surface area contributed by atoms with Crippen LogP contribution in [-0.2, 0) is 32.3 Å². The van der Waals surface area contributed by atoms with Gasteiger partial charge in [-0.2, -0.15) is 9.40 Å². The highest BCUT2D eigenvalue weighted by Gasteiger charge is 2.30. The largest absolute Gasteiger partial charge is 0.306 e. The zero-order chi connectivity index (χ0) is 24.0. The van der Waals surface area contributed by atoms with Crippen LogP contribution < -0.4 is 5.32 Å². The number of sulfonamides is 1. The van der Waals surface area contributed by atoms with Crippen LogP contribution in [0, 0.1) is 13.8 Å². The standard InChI is InChI=1S/C24H26N4O4S2/c1-16-5-10-22(17(2)13-16)28-23(20-14-33(30)15-21(20)26-28)25-24(29)18-6-8-19(9-7-18)34(31,32)27-11-3-4-12-27/h5-10,13H,3-4,11-12,14-15H2,1-2H3,(H,25,29). The molecule has 2 aliphatic heterocycles. The highest BCUT2D eigenvalue weighted by Crippen LogP contribution is 2.33. The normalized spacial score (nSPS) is 18.2. The van der Waals surface area contributed by atoms with E-state index >= 15 is 0 Å². The van der Waals surface area contributed by atoms with Gasteiger partial charge in [0.2, 0.25) is 10.0 Å². The monoisotopic (exact) mass is 498 g/mol. The topological polar surface area (TPSA) is 101 Å². The molecule has 2 aromatic carbocycles. The summed E-state index contributed by atoms with van der Waals surface area (Å²) in [6.07, 6.45) is 1.73.